The Morgan fingerprint density at radius 1 is 0.892 bits per heavy atom. The molecule has 102 heavy (non-hydrogen) atoms. The summed E-state index contributed by atoms with van der Waals surface area (Å²) in [5.74, 6) is -10.4. The number of benzene rings is 4. The van der Waals surface area contributed by atoms with Gasteiger partial charge in [0.1, 0.15) is 89.3 Å². The Hall–Kier alpha value is -8.30. The number of amides is 7. The topological polar surface area (TPSA) is 445 Å². The van der Waals surface area contributed by atoms with E-state index in [4.69, 9.17) is 60.0 Å². The van der Waals surface area contributed by atoms with Crippen molar-refractivity contribution in [2.75, 3.05) is 76.5 Å². The summed E-state index contributed by atoms with van der Waals surface area (Å²) in [4.78, 5) is 118. The lowest BCUT2D eigenvalue weighted by Gasteiger charge is -2.55. The molecule has 4 saturated heterocycles. The lowest BCUT2D eigenvalue weighted by atomic mass is 9.76. The van der Waals surface area contributed by atoms with E-state index in [9.17, 15) is 77.1 Å². The minimum Gasteiger partial charge on any atom is -0.506 e. The number of aliphatic hydroxyl groups excluding tert-OH is 3. The van der Waals surface area contributed by atoms with Crippen LogP contribution in [0.25, 0.3) is 10.8 Å². The quantitative estimate of drug-likeness (QED) is 0.0118. The molecule has 13 atom stereocenters. The molecule has 4 aromatic rings. The minimum atomic E-state index is -3.80. The van der Waals surface area contributed by atoms with Crippen LogP contribution in [0, 0.1) is 6.92 Å². The number of fused-ring (bicyclic) bond motifs is 6. The number of carboxylic acid groups (broad SMARTS) is 1. The molecule has 0 saturated carbocycles. The highest BCUT2D eigenvalue weighted by molar-refractivity contribution is 9.09. The van der Waals surface area contributed by atoms with Crippen molar-refractivity contribution in [2.24, 2.45) is 0 Å². The van der Waals surface area contributed by atoms with Gasteiger partial charge in [-0.25, -0.2) is 22.8 Å². The first-order valence-corrected chi connectivity index (χ1v) is 35.7. The Labute approximate surface area is 593 Å². The summed E-state index contributed by atoms with van der Waals surface area (Å²) in [6.07, 6.45) is -11.7. The molecule has 6 aliphatic rings. The number of alkyl halides is 1. The highest BCUT2D eigenvalue weighted by Gasteiger charge is 2.86. The molecule has 550 valence electrons. The molecule has 4 aromatic carbocycles. The van der Waals surface area contributed by atoms with Gasteiger partial charge in [-0.15, -0.1) is 0 Å². The number of phenolic OH excluding ortho intramolecular Hbond substituents is 1. The number of sulfone groups is 1. The number of ether oxygens (including phenoxy) is 11. The zero-order chi connectivity index (χ0) is 73.9. The fourth-order valence-electron chi connectivity index (χ4n) is 13.1. The number of alkyl carbamates (subject to hydrolysis) is 1. The molecule has 36 heteroatoms. The van der Waals surface area contributed by atoms with Gasteiger partial charge in [-0.2, -0.15) is 0 Å². The smallest absolute Gasteiger partial charge is 0.411 e. The van der Waals surface area contributed by atoms with Gasteiger partial charge >= 0.3 is 18.2 Å². The van der Waals surface area contributed by atoms with Crippen molar-refractivity contribution >= 4 is 104 Å². The predicted octanol–water partition coefficient (Wildman–Crippen LogP) is 1.73. The molecule has 9 N–H and O–H groups in total. The largest absolute Gasteiger partial charge is 0.506 e. The van der Waals surface area contributed by atoms with E-state index in [1.807, 2.05) is 0 Å². The molecule has 4 unspecified atom stereocenters. The number of carbonyl (C=O) groups excluding carboxylic acids is 8. The van der Waals surface area contributed by atoms with Gasteiger partial charge in [0.2, 0.25) is 47.2 Å². The number of methoxy groups -OCH3 is 2. The summed E-state index contributed by atoms with van der Waals surface area (Å²) in [5.41, 5.74) is 0.394. The van der Waals surface area contributed by atoms with Crippen molar-refractivity contribution in [1.29, 1.82) is 0 Å². The van der Waals surface area contributed by atoms with E-state index in [-0.39, 0.29) is 85.1 Å². The fraction of sp³-hybridized carbons (Fsp3) is 0.530. The summed E-state index contributed by atoms with van der Waals surface area (Å²) in [6, 6.07) is 11.4. The molecule has 7 amide bonds. The van der Waals surface area contributed by atoms with Crippen LogP contribution in [0.3, 0.4) is 0 Å². The third-order valence-corrected chi connectivity index (χ3v) is 20.2. The van der Waals surface area contributed by atoms with Crippen molar-refractivity contribution in [3.05, 3.63) is 88.0 Å². The van der Waals surface area contributed by atoms with Crippen molar-refractivity contribution in [3.63, 3.8) is 0 Å². The normalized spacial score (nSPS) is 26.1. The molecular formula is C66H78BBrN6O27S. The van der Waals surface area contributed by atoms with Crippen molar-refractivity contribution < 1.29 is 129 Å². The van der Waals surface area contributed by atoms with Crippen LogP contribution in [0.5, 0.6) is 23.0 Å². The number of likely N-dealkylation sites (tertiary alicyclic amines) is 1. The van der Waals surface area contributed by atoms with Crippen LogP contribution in [0.2, 0.25) is 5.82 Å². The van der Waals surface area contributed by atoms with Crippen LogP contribution >= 0.6 is 15.9 Å². The Morgan fingerprint density at radius 3 is 2.23 bits per heavy atom. The number of halogens is 1. The summed E-state index contributed by atoms with van der Waals surface area (Å²) in [5, 5.41) is 63.1. The number of phenols is 1. The van der Waals surface area contributed by atoms with Crippen LogP contribution in [0.1, 0.15) is 90.2 Å². The molecule has 4 fully saturated rings. The number of carbonyl (C=O) groups is 9. The van der Waals surface area contributed by atoms with E-state index < -0.39 is 168 Å². The second-order valence-corrected chi connectivity index (χ2v) is 28.2. The van der Waals surface area contributed by atoms with E-state index in [2.05, 4.69) is 37.2 Å². The Kier molecular flexibility index (Phi) is 23.5. The van der Waals surface area contributed by atoms with Crippen molar-refractivity contribution in [2.45, 2.75) is 150 Å². The molecule has 10 rings (SSSR count). The number of nitrogens with one attached hydrogen (secondary N) is 4. The number of anilines is 1. The number of ketones is 1. The summed E-state index contributed by atoms with van der Waals surface area (Å²) in [7, 11) is 4.54. The second kappa shape index (κ2) is 31.3. The van der Waals surface area contributed by atoms with Crippen LogP contribution in [0.15, 0.2) is 54.6 Å². The Balaban J connectivity index is 0.818. The molecule has 0 spiro atoms. The lowest BCUT2D eigenvalue weighted by Crippen LogP contribution is -2.76. The van der Waals surface area contributed by atoms with Gasteiger partial charge in [-0.1, -0.05) is 40.2 Å². The monoisotopic (exact) mass is 1510 g/mol. The maximum atomic E-state index is 14.3. The van der Waals surface area contributed by atoms with Crippen LogP contribution in [-0.2, 0) is 96.1 Å². The highest BCUT2D eigenvalue weighted by Crippen LogP contribution is 2.68. The zero-order valence-corrected chi connectivity index (χ0v) is 58.7. The standard InChI is InChI=1S/C66H78BBrN6O27S/c1-32-25-40-47(48(78)46-39(52(40)91-4)9-7-10-42(46)75)53-45(32)54-56-66(92-5,100-53)64(29-68,96-31-73(21-24-102(6,89)90)63(88)95-28-36-13-17-38(18-14-36)97-61-51(81)49(79)50(80)55(98-61)60(85)86)65(99-54,101-56)30-69-62(87)94-27-35-11-15-37(16-12-35)72-58(83)34(3)71-57(82)33(2)70-43(76)19-23-93-22-8-20-74-44(77)26-41(67)59(74)84/h11-18,25,33-34,41,49-51,54-56,61,78-81H,7-10,19-24,26-31H2,1-6H3,(H,69,87)(H,70,76)(H,71,82)(H,72,83)(H,85,86)/t33-,34-,41?,49-,50-,51+,54?,55-,56?,61+,64+,65?,66+/m0/s1. The number of aliphatic hydroxyl groups is 3. The SMILES string of the molecule is [B]C1CC(=O)N(CCCOCCC(=O)N[C@@H](C)C(=O)N[C@@H](C)C(=O)Nc2ccc(COC(=O)NCC34OC5c6c(C)cc7c(OC)c8c(c(O)c7c6O[C@](OC)(C5O3)[C@]4(CBr)OCN(CCS(C)(=O)=O)C(=O)OCc3ccc(O[C@@H]4O[C@H](C(=O)O)[C@@H](O)[C@H](O)[C@H]4O)cc3)C(=O)CCC8)cc2)C1=O. The predicted molar refractivity (Wildman–Crippen MR) is 356 cm³/mol. The second-order valence-electron chi connectivity index (χ2n) is 25.4. The molecule has 2 bridgehead atoms. The molecule has 5 aliphatic heterocycles. The first kappa shape index (κ1) is 76.3. The molecule has 5 heterocycles. The molecule has 2 radical (unpaired) electrons. The van der Waals surface area contributed by atoms with Gasteiger partial charge in [0.25, 0.3) is 5.79 Å². The third kappa shape index (κ3) is 15.3. The zero-order valence-electron chi connectivity index (χ0n) is 56.3. The van der Waals surface area contributed by atoms with Crippen molar-refractivity contribution in [1.82, 2.24) is 25.8 Å². The summed E-state index contributed by atoms with van der Waals surface area (Å²) < 4.78 is 93.4. The number of nitrogens with zero attached hydrogens (tertiary/aromatic N) is 2. The van der Waals surface area contributed by atoms with Gasteiger partial charge in [0.15, 0.2) is 18.0 Å². The van der Waals surface area contributed by atoms with Gasteiger partial charge in [-0.05, 0) is 87.1 Å². The maximum Gasteiger partial charge on any atom is 0.411 e. The third-order valence-electron chi connectivity index (χ3n) is 18.4. The van der Waals surface area contributed by atoms with Gasteiger partial charge in [0.05, 0.1) is 44.8 Å². The number of aromatic hydroxyl groups is 1. The minimum absolute atomic E-state index is 0.00451. The number of rotatable bonds is 30. The number of hydrogen-bond donors (Lipinski definition) is 9. The van der Waals surface area contributed by atoms with Gasteiger partial charge in [0, 0.05) is 85.7 Å². The van der Waals surface area contributed by atoms with Crippen LogP contribution in [0.4, 0.5) is 15.3 Å². The number of aliphatic carboxylic acids is 1. The summed E-state index contributed by atoms with van der Waals surface area (Å²) in [6.45, 7) is 2.23. The van der Waals surface area contributed by atoms with Gasteiger partial charge < -0.3 is 98.9 Å². The first-order valence-electron chi connectivity index (χ1n) is 32.5. The Bertz CT molecular complexity index is 4030. The van der Waals surface area contributed by atoms with Crippen molar-refractivity contribution in [3.8, 4) is 23.0 Å². The van der Waals surface area contributed by atoms with E-state index >= 15 is 0 Å². The molecule has 1 aliphatic carbocycles. The first-order chi connectivity index (χ1) is 48.4. The van der Waals surface area contributed by atoms with E-state index in [1.165, 1.54) is 64.5 Å². The maximum absolute atomic E-state index is 14.3. The van der Waals surface area contributed by atoms with E-state index in [1.54, 1.807) is 25.1 Å². The lowest BCUT2D eigenvalue weighted by molar-refractivity contribution is -0.360. The number of carboxylic acids is 1. The number of aryl methyl sites for hydroxylation is 1. The fourth-order valence-corrected chi connectivity index (χ4v) is 14.6. The van der Waals surface area contributed by atoms with E-state index in [0.717, 1.165) is 16.1 Å². The average molecular weight is 1510 g/mol. The van der Waals surface area contributed by atoms with E-state index in [0.29, 0.717) is 63.9 Å². The van der Waals surface area contributed by atoms with Gasteiger partial charge in [-0.3, -0.25) is 38.6 Å². The number of imide groups is 1. The summed E-state index contributed by atoms with van der Waals surface area (Å²) >= 11 is 3.60. The average Bonchev–Trinajstić information content (AvgIpc) is 1.46. The van der Waals surface area contributed by atoms with Crippen LogP contribution in [-0.4, -0.2) is 242 Å². The number of Topliss-reactive ketones (excluding diaryl/α,β-unsaturated/α-hetero) is 1. The van der Waals surface area contributed by atoms with Crippen LogP contribution < -0.4 is 35.5 Å². The molecular weight excluding hydrogens is 1430 g/mol. The molecule has 0 aromatic heterocycles. The molecule has 33 nitrogen and oxygen atoms in total. The highest BCUT2D eigenvalue weighted by atomic mass is 79.9. The Morgan fingerprint density at radius 2 is 1.58 bits per heavy atom. The number of hydrogen-bond acceptors (Lipinski definition) is 26.